The molecular weight excluding hydrogens is 313 g/mol. The number of benzene rings is 1. The predicted molar refractivity (Wildman–Crippen MR) is 75.1 cm³/mol. The van der Waals surface area contributed by atoms with Gasteiger partial charge in [0.15, 0.2) is 0 Å². The number of hydrogen-bond donors (Lipinski definition) is 0. The molecule has 2 aliphatic rings. The van der Waals surface area contributed by atoms with Gasteiger partial charge in [-0.25, -0.2) is 0 Å². The Morgan fingerprint density at radius 3 is 2.70 bits per heavy atom. The van der Waals surface area contributed by atoms with Crippen molar-refractivity contribution in [3.8, 4) is 5.75 Å². The third-order valence-electron chi connectivity index (χ3n) is 3.95. The molecule has 0 aromatic heterocycles. The molecule has 0 bridgehead atoms. The quantitative estimate of drug-likeness (QED) is 0.835. The molecule has 0 spiro atoms. The Morgan fingerprint density at radius 1 is 1.26 bits per heavy atom. The van der Waals surface area contributed by atoms with Crippen LogP contribution < -0.4 is 9.64 Å². The van der Waals surface area contributed by atoms with E-state index in [0.29, 0.717) is 19.4 Å². The lowest BCUT2D eigenvalue weighted by Gasteiger charge is -2.31. The van der Waals surface area contributed by atoms with Crippen molar-refractivity contribution in [3.63, 3.8) is 0 Å². The van der Waals surface area contributed by atoms with Crippen LogP contribution in [-0.2, 0) is 15.8 Å². The van der Waals surface area contributed by atoms with Crippen LogP contribution in [0.25, 0.3) is 0 Å². The summed E-state index contributed by atoms with van der Waals surface area (Å²) in [7, 11) is 0. The highest BCUT2D eigenvalue weighted by Crippen LogP contribution is 2.38. The van der Waals surface area contributed by atoms with Crippen molar-refractivity contribution in [1.29, 1.82) is 0 Å². The normalized spacial score (nSPS) is 18.0. The zero-order chi connectivity index (χ0) is 16.6. The van der Waals surface area contributed by atoms with Crippen LogP contribution in [0, 0.1) is 0 Å². The van der Waals surface area contributed by atoms with Crippen molar-refractivity contribution in [2.45, 2.75) is 19.0 Å². The van der Waals surface area contributed by atoms with Crippen LogP contribution in [0.1, 0.15) is 18.4 Å². The fourth-order valence-electron chi connectivity index (χ4n) is 2.77. The molecule has 0 unspecified atom stereocenters. The molecule has 0 atom stereocenters. The number of nitrogens with zero attached hydrogens (tertiary/aromatic N) is 2. The van der Waals surface area contributed by atoms with Crippen LogP contribution in [0.4, 0.5) is 18.9 Å². The van der Waals surface area contributed by atoms with Crippen molar-refractivity contribution >= 4 is 17.5 Å². The number of carbonyl (C=O) groups excluding carboxylic acids is 2. The van der Waals surface area contributed by atoms with Gasteiger partial charge in [0.2, 0.25) is 11.8 Å². The lowest BCUT2D eigenvalue weighted by Crippen LogP contribution is -2.44. The van der Waals surface area contributed by atoms with E-state index in [1.165, 1.54) is 15.9 Å². The third kappa shape index (κ3) is 3.11. The van der Waals surface area contributed by atoms with Gasteiger partial charge in [-0.3, -0.25) is 9.59 Å². The van der Waals surface area contributed by atoms with Gasteiger partial charge in [0.25, 0.3) is 0 Å². The number of halogens is 3. The van der Waals surface area contributed by atoms with Crippen molar-refractivity contribution in [2.24, 2.45) is 0 Å². The second-order valence-electron chi connectivity index (χ2n) is 5.49. The number of ether oxygens (including phenoxy) is 1. The molecule has 2 amide bonds. The maximum atomic E-state index is 12.9. The minimum atomic E-state index is -4.49. The third-order valence-corrected chi connectivity index (χ3v) is 3.95. The van der Waals surface area contributed by atoms with Gasteiger partial charge in [0.05, 0.1) is 17.8 Å². The Hall–Kier alpha value is -2.25. The van der Waals surface area contributed by atoms with Gasteiger partial charge in [-0.15, -0.1) is 0 Å². The topological polar surface area (TPSA) is 49.9 Å². The zero-order valence-corrected chi connectivity index (χ0v) is 12.2. The Morgan fingerprint density at radius 2 is 2.04 bits per heavy atom. The van der Waals surface area contributed by atoms with Crippen molar-refractivity contribution in [3.05, 3.63) is 23.8 Å². The number of hydrogen-bond acceptors (Lipinski definition) is 3. The summed E-state index contributed by atoms with van der Waals surface area (Å²) in [5.74, 6) is -0.259. The minimum Gasteiger partial charge on any atom is -0.490 e. The van der Waals surface area contributed by atoms with Crippen LogP contribution in [0.15, 0.2) is 18.2 Å². The second-order valence-corrected chi connectivity index (χ2v) is 5.49. The second kappa shape index (κ2) is 5.75. The van der Waals surface area contributed by atoms with Gasteiger partial charge in [-0.2, -0.15) is 13.2 Å². The van der Waals surface area contributed by atoms with E-state index in [4.69, 9.17) is 4.74 Å². The van der Waals surface area contributed by atoms with Gasteiger partial charge in [0, 0.05) is 13.0 Å². The Bertz CT molecular complexity index is 645. The van der Waals surface area contributed by atoms with Crippen LogP contribution in [0.2, 0.25) is 0 Å². The number of amides is 2. The lowest BCUT2D eigenvalue weighted by molar-refractivity contribution is -0.137. The average molecular weight is 328 g/mol. The van der Waals surface area contributed by atoms with Gasteiger partial charge in [-0.05, 0) is 24.6 Å². The van der Waals surface area contributed by atoms with E-state index < -0.39 is 17.6 Å². The van der Waals surface area contributed by atoms with E-state index >= 15 is 0 Å². The summed E-state index contributed by atoms with van der Waals surface area (Å²) >= 11 is 0. The van der Waals surface area contributed by atoms with E-state index in [-0.39, 0.29) is 37.0 Å². The van der Waals surface area contributed by atoms with Crippen molar-refractivity contribution in [2.75, 3.05) is 31.1 Å². The monoisotopic (exact) mass is 328 g/mol. The molecule has 124 valence electrons. The van der Waals surface area contributed by atoms with Gasteiger partial charge < -0.3 is 14.5 Å². The fourth-order valence-corrected chi connectivity index (χ4v) is 2.77. The number of fused-ring (bicyclic) bond motifs is 1. The predicted octanol–water partition coefficient (Wildman–Crippen LogP) is 2.05. The molecule has 0 radical (unpaired) electrons. The smallest absolute Gasteiger partial charge is 0.416 e. The van der Waals surface area contributed by atoms with Crippen LogP contribution in [0.5, 0.6) is 5.75 Å². The molecule has 0 aliphatic carbocycles. The van der Waals surface area contributed by atoms with Crippen molar-refractivity contribution in [1.82, 2.24) is 4.90 Å². The zero-order valence-electron chi connectivity index (χ0n) is 12.2. The number of alkyl halides is 3. The molecule has 3 rings (SSSR count). The summed E-state index contributed by atoms with van der Waals surface area (Å²) in [4.78, 5) is 26.7. The van der Waals surface area contributed by atoms with Gasteiger partial charge in [0.1, 0.15) is 18.9 Å². The SMILES string of the molecule is O=C1CCCN1CC(=O)N1CCOc2ccc(C(F)(F)F)cc21. The molecule has 1 aromatic rings. The maximum absolute atomic E-state index is 12.9. The average Bonchev–Trinajstić information content (AvgIpc) is 2.90. The van der Waals surface area contributed by atoms with Crippen LogP contribution >= 0.6 is 0 Å². The molecule has 2 heterocycles. The lowest BCUT2D eigenvalue weighted by atomic mass is 10.1. The molecular formula is C15H15F3N2O3. The van der Waals surface area contributed by atoms with Gasteiger partial charge in [-0.1, -0.05) is 0 Å². The molecule has 0 N–H and O–H groups in total. The highest BCUT2D eigenvalue weighted by molar-refractivity contribution is 5.98. The minimum absolute atomic E-state index is 0.0997. The van der Waals surface area contributed by atoms with Crippen molar-refractivity contribution < 1.29 is 27.5 Å². The molecule has 1 aromatic carbocycles. The van der Waals surface area contributed by atoms with E-state index in [0.717, 1.165) is 12.1 Å². The molecule has 8 heteroatoms. The molecule has 1 fully saturated rings. The largest absolute Gasteiger partial charge is 0.490 e. The molecule has 0 saturated carbocycles. The first-order chi connectivity index (χ1) is 10.9. The molecule has 23 heavy (non-hydrogen) atoms. The highest BCUT2D eigenvalue weighted by Gasteiger charge is 2.34. The van der Waals surface area contributed by atoms with E-state index in [1.807, 2.05) is 0 Å². The summed E-state index contributed by atoms with van der Waals surface area (Å²) < 4.78 is 43.9. The summed E-state index contributed by atoms with van der Waals surface area (Å²) in [5, 5.41) is 0. The Kier molecular flexibility index (Phi) is 3.91. The Balaban J connectivity index is 1.85. The maximum Gasteiger partial charge on any atom is 0.416 e. The van der Waals surface area contributed by atoms with Crippen LogP contribution in [0.3, 0.4) is 0 Å². The molecule has 1 saturated heterocycles. The first-order valence-corrected chi connectivity index (χ1v) is 7.28. The summed E-state index contributed by atoms with van der Waals surface area (Å²) in [6.45, 7) is 0.756. The molecule has 5 nitrogen and oxygen atoms in total. The van der Waals surface area contributed by atoms with E-state index in [9.17, 15) is 22.8 Å². The van der Waals surface area contributed by atoms with Crippen LogP contribution in [-0.4, -0.2) is 43.0 Å². The first-order valence-electron chi connectivity index (χ1n) is 7.28. The number of anilines is 1. The first kappa shape index (κ1) is 15.6. The molecule has 2 aliphatic heterocycles. The summed E-state index contributed by atoms with van der Waals surface area (Å²) in [5.41, 5.74) is -0.737. The Labute approximate surface area is 130 Å². The van der Waals surface area contributed by atoms with E-state index in [1.54, 1.807) is 0 Å². The summed E-state index contributed by atoms with van der Waals surface area (Å²) in [6, 6.07) is 3.06. The fraction of sp³-hybridized carbons (Fsp3) is 0.467. The number of rotatable bonds is 2. The van der Waals surface area contributed by atoms with Gasteiger partial charge >= 0.3 is 6.18 Å². The summed E-state index contributed by atoms with van der Waals surface area (Å²) in [6.07, 6.45) is -3.39. The van der Waals surface area contributed by atoms with E-state index in [2.05, 4.69) is 0 Å². The standard InChI is InChI=1S/C15H15F3N2O3/c16-15(17,18)10-3-4-12-11(8-10)20(6-7-23-12)14(22)9-19-5-1-2-13(19)21/h3-4,8H,1-2,5-7,9H2. The number of likely N-dealkylation sites (tertiary alicyclic amines) is 1. The number of carbonyl (C=O) groups is 2. The highest BCUT2D eigenvalue weighted by atomic mass is 19.4.